The average molecular weight is 285 g/mol. The zero-order chi connectivity index (χ0) is 14.8. The van der Waals surface area contributed by atoms with Gasteiger partial charge in [-0.2, -0.15) is 0 Å². The van der Waals surface area contributed by atoms with Gasteiger partial charge in [0.15, 0.2) is 0 Å². The molecule has 0 saturated carbocycles. The Balaban J connectivity index is 2.48. The first-order chi connectivity index (χ1) is 9.72. The summed E-state index contributed by atoms with van der Waals surface area (Å²) >= 11 is 0. The summed E-state index contributed by atoms with van der Waals surface area (Å²) in [6.07, 6.45) is 6.03. The highest BCUT2D eigenvalue weighted by atomic mass is 16.5. The Morgan fingerprint density at radius 1 is 1.30 bits per heavy atom. The van der Waals surface area contributed by atoms with Gasteiger partial charge in [0.05, 0.1) is 13.2 Å². The van der Waals surface area contributed by atoms with E-state index in [4.69, 9.17) is 9.47 Å². The van der Waals surface area contributed by atoms with Gasteiger partial charge in [-0.3, -0.25) is 4.79 Å². The van der Waals surface area contributed by atoms with Crippen LogP contribution in [-0.2, 0) is 14.3 Å². The van der Waals surface area contributed by atoms with E-state index in [0.29, 0.717) is 32.2 Å². The summed E-state index contributed by atoms with van der Waals surface area (Å²) in [6, 6.07) is 0. The first-order valence-electron chi connectivity index (χ1n) is 8.21. The van der Waals surface area contributed by atoms with E-state index < -0.39 is 0 Å². The van der Waals surface area contributed by atoms with E-state index in [1.54, 1.807) is 0 Å². The van der Waals surface area contributed by atoms with E-state index in [2.05, 4.69) is 13.8 Å². The van der Waals surface area contributed by atoms with Crippen LogP contribution in [-0.4, -0.2) is 43.4 Å². The molecule has 0 aromatic heterocycles. The molecule has 1 rings (SSSR count). The highest BCUT2D eigenvalue weighted by Crippen LogP contribution is 2.23. The molecule has 0 aromatic rings. The molecule has 1 aliphatic rings. The molecular formula is C16H31NO3. The number of nitrogens with zero attached hydrogens (tertiary/aromatic N) is 1. The molecule has 1 fully saturated rings. The van der Waals surface area contributed by atoms with E-state index in [9.17, 15) is 4.79 Å². The molecule has 1 aliphatic heterocycles. The Morgan fingerprint density at radius 3 is 2.75 bits per heavy atom. The number of carbonyl (C=O) groups is 1. The highest BCUT2D eigenvalue weighted by Gasteiger charge is 2.29. The standard InChI is InChI=1S/C16H31NO3/c1-4-8-14(5-2)13-17-15(18)9-7-10-16(17)20-12-11-19-6-3/h14,16H,4-13H2,1-3H3/t14-,16+/m1/s1. The second-order valence-electron chi connectivity index (χ2n) is 5.52. The third-order valence-corrected chi connectivity index (χ3v) is 3.98. The van der Waals surface area contributed by atoms with Crippen molar-refractivity contribution in [2.24, 2.45) is 5.92 Å². The molecule has 0 radical (unpaired) electrons. The third-order valence-electron chi connectivity index (χ3n) is 3.98. The summed E-state index contributed by atoms with van der Waals surface area (Å²) in [5.74, 6) is 0.854. The van der Waals surface area contributed by atoms with Gasteiger partial charge in [-0.25, -0.2) is 0 Å². The second kappa shape index (κ2) is 10.2. The van der Waals surface area contributed by atoms with Crippen LogP contribution < -0.4 is 0 Å². The summed E-state index contributed by atoms with van der Waals surface area (Å²) in [5.41, 5.74) is 0. The van der Waals surface area contributed by atoms with Crippen molar-refractivity contribution in [2.45, 2.75) is 65.5 Å². The Kier molecular flexibility index (Phi) is 8.86. The molecule has 4 nitrogen and oxygen atoms in total. The van der Waals surface area contributed by atoms with Gasteiger partial charge in [0, 0.05) is 19.6 Å². The fourth-order valence-corrected chi connectivity index (χ4v) is 2.78. The molecule has 0 unspecified atom stereocenters. The van der Waals surface area contributed by atoms with Crippen molar-refractivity contribution in [1.82, 2.24) is 4.90 Å². The van der Waals surface area contributed by atoms with Crippen molar-refractivity contribution in [3.63, 3.8) is 0 Å². The minimum Gasteiger partial charge on any atom is -0.379 e. The van der Waals surface area contributed by atoms with Crippen molar-refractivity contribution < 1.29 is 14.3 Å². The van der Waals surface area contributed by atoms with Crippen molar-refractivity contribution in [2.75, 3.05) is 26.4 Å². The first-order valence-corrected chi connectivity index (χ1v) is 8.21. The summed E-state index contributed by atoms with van der Waals surface area (Å²) in [7, 11) is 0. The summed E-state index contributed by atoms with van der Waals surface area (Å²) in [5, 5.41) is 0. The maximum absolute atomic E-state index is 12.2. The largest absolute Gasteiger partial charge is 0.379 e. The summed E-state index contributed by atoms with van der Waals surface area (Å²) in [4.78, 5) is 14.1. The third kappa shape index (κ3) is 5.80. The molecule has 2 atom stereocenters. The molecule has 0 aromatic carbocycles. The summed E-state index contributed by atoms with van der Waals surface area (Å²) in [6.45, 7) is 9.14. The van der Waals surface area contributed by atoms with Gasteiger partial charge in [-0.05, 0) is 32.1 Å². The van der Waals surface area contributed by atoms with Crippen molar-refractivity contribution in [1.29, 1.82) is 0 Å². The van der Waals surface area contributed by atoms with Crippen LogP contribution in [0.25, 0.3) is 0 Å². The lowest BCUT2D eigenvalue weighted by Crippen LogP contribution is -2.47. The number of amides is 1. The Hall–Kier alpha value is -0.610. The van der Waals surface area contributed by atoms with Crippen LogP contribution >= 0.6 is 0 Å². The fraction of sp³-hybridized carbons (Fsp3) is 0.938. The maximum Gasteiger partial charge on any atom is 0.224 e. The quantitative estimate of drug-likeness (QED) is 0.579. The van der Waals surface area contributed by atoms with Crippen LogP contribution in [0.1, 0.15) is 59.3 Å². The molecule has 1 saturated heterocycles. The lowest BCUT2D eigenvalue weighted by Gasteiger charge is -2.37. The van der Waals surface area contributed by atoms with Crippen LogP contribution in [0.3, 0.4) is 0 Å². The maximum atomic E-state index is 12.2. The molecule has 0 spiro atoms. The monoisotopic (exact) mass is 285 g/mol. The minimum atomic E-state index is -0.0392. The molecule has 4 heteroatoms. The van der Waals surface area contributed by atoms with Gasteiger partial charge >= 0.3 is 0 Å². The number of hydrogen-bond donors (Lipinski definition) is 0. The highest BCUT2D eigenvalue weighted by molar-refractivity contribution is 5.77. The number of ether oxygens (including phenoxy) is 2. The van der Waals surface area contributed by atoms with E-state index in [-0.39, 0.29) is 12.1 Å². The first kappa shape index (κ1) is 17.4. The lowest BCUT2D eigenvalue weighted by molar-refractivity contribution is -0.156. The van der Waals surface area contributed by atoms with E-state index >= 15 is 0 Å². The Morgan fingerprint density at radius 2 is 2.10 bits per heavy atom. The van der Waals surface area contributed by atoms with Gasteiger partial charge in [0.1, 0.15) is 6.23 Å². The van der Waals surface area contributed by atoms with Gasteiger partial charge in [-0.15, -0.1) is 0 Å². The van der Waals surface area contributed by atoms with Gasteiger partial charge in [-0.1, -0.05) is 26.7 Å². The minimum absolute atomic E-state index is 0.0392. The number of piperidine rings is 1. The predicted octanol–water partition coefficient (Wildman–Crippen LogP) is 3.20. The van der Waals surface area contributed by atoms with Crippen LogP contribution in [0.5, 0.6) is 0 Å². The van der Waals surface area contributed by atoms with Crippen LogP contribution in [0, 0.1) is 5.92 Å². The Bertz CT molecular complexity index is 270. The number of hydrogen-bond acceptors (Lipinski definition) is 3. The fourth-order valence-electron chi connectivity index (χ4n) is 2.78. The van der Waals surface area contributed by atoms with Crippen LogP contribution in [0.2, 0.25) is 0 Å². The molecule has 0 bridgehead atoms. The summed E-state index contributed by atoms with van der Waals surface area (Å²) < 4.78 is 11.2. The molecule has 20 heavy (non-hydrogen) atoms. The molecule has 0 N–H and O–H groups in total. The second-order valence-corrected chi connectivity index (χ2v) is 5.52. The molecule has 1 heterocycles. The SMILES string of the molecule is CCC[C@@H](CC)CN1C(=O)CCC[C@@H]1OCCOCC. The van der Waals surface area contributed by atoms with Gasteiger partial charge in [0.2, 0.25) is 5.91 Å². The van der Waals surface area contributed by atoms with Crippen molar-refractivity contribution in [3.8, 4) is 0 Å². The number of carbonyl (C=O) groups excluding carboxylic acids is 1. The van der Waals surface area contributed by atoms with Gasteiger partial charge < -0.3 is 14.4 Å². The molecule has 0 aliphatic carbocycles. The van der Waals surface area contributed by atoms with E-state index in [1.807, 2.05) is 11.8 Å². The Labute approximate surface area is 123 Å². The predicted molar refractivity (Wildman–Crippen MR) is 80.5 cm³/mol. The number of likely N-dealkylation sites (tertiary alicyclic amines) is 1. The van der Waals surface area contributed by atoms with Crippen LogP contribution in [0.15, 0.2) is 0 Å². The van der Waals surface area contributed by atoms with Crippen molar-refractivity contribution in [3.05, 3.63) is 0 Å². The molecule has 118 valence electrons. The zero-order valence-electron chi connectivity index (χ0n) is 13.4. The van der Waals surface area contributed by atoms with E-state index in [0.717, 1.165) is 25.8 Å². The molecule has 1 amide bonds. The normalized spacial score (nSPS) is 21.2. The molecular weight excluding hydrogens is 254 g/mol. The van der Waals surface area contributed by atoms with Gasteiger partial charge in [0.25, 0.3) is 0 Å². The number of rotatable bonds is 10. The zero-order valence-corrected chi connectivity index (χ0v) is 13.4. The topological polar surface area (TPSA) is 38.8 Å². The van der Waals surface area contributed by atoms with Crippen molar-refractivity contribution >= 4 is 5.91 Å². The smallest absolute Gasteiger partial charge is 0.224 e. The lowest BCUT2D eigenvalue weighted by atomic mass is 9.98. The van der Waals surface area contributed by atoms with Crippen LogP contribution in [0.4, 0.5) is 0 Å². The van der Waals surface area contributed by atoms with E-state index in [1.165, 1.54) is 12.8 Å². The average Bonchev–Trinajstić information content (AvgIpc) is 2.45.